The number of aryl methyl sites for hydroxylation is 2. The fraction of sp³-hybridized carbons (Fsp3) is 0.667. The number of alkyl halides is 1. The molecule has 3 aliphatic rings. The molecule has 36 heavy (non-hydrogen) atoms. The second kappa shape index (κ2) is 10.7. The lowest BCUT2D eigenvalue weighted by Crippen LogP contribution is -2.56. The van der Waals surface area contributed by atoms with Crippen molar-refractivity contribution in [1.29, 1.82) is 0 Å². The average molecular weight is 581 g/mol. The molecule has 198 valence electrons. The molecule has 8 atom stereocenters. The smallest absolute Gasteiger partial charge is 0.248 e. The van der Waals surface area contributed by atoms with E-state index >= 15 is 0 Å². The Morgan fingerprint density at radius 2 is 1.92 bits per heavy atom. The van der Waals surface area contributed by atoms with Crippen LogP contribution in [0, 0.1) is 31.6 Å². The Labute approximate surface area is 226 Å². The Balaban J connectivity index is 1.80. The van der Waals surface area contributed by atoms with Gasteiger partial charge in [-0.25, -0.2) is 0 Å². The average Bonchev–Trinajstić information content (AvgIpc) is 3.44. The van der Waals surface area contributed by atoms with Crippen molar-refractivity contribution >= 4 is 51.1 Å². The first kappa shape index (κ1) is 27.5. The number of nitrogens with zero attached hydrogens (tertiary/aromatic N) is 1. The minimum Gasteiger partial charge on any atom is -0.394 e. The van der Waals surface area contributed by atoms with Gasteiger partial charge >= 0.3 is 0 Å². The van der Waals surface area contributed by atoms with Crippen molar-refractivity contribution < 1.29 is 19.5 Å². The number of aliphatic hydroxyl groups is 1. The van der Waals surface area contributed by atoms with Crippen molar-refractivity contribution in [3.8, 4) is 0 Å². The molecule has 3 heterocycles. The number of nitrogens with one attached hydrogen (secondary N) is 2. The molecule has 3 N–H and O–H groups in total. The van der Waals surface area contributed by atoms with Crippen molar-refractivity contribution in [3.63, 3.8) is 0 Å². The molecule has 9 heteroatoms. The number of aliphatic hydroxyl groups excluding tert-OH is 1. The Morgan fingerprint density at radius 1 is 1.25 bits per heavy atom. The van der Waals surface area contributed by atoms with Crippen LogP contribution in [0.2, 0.25) is 0 Å². The first-order chi connectivity index (χ1) is 17.1. The number of para-hydroxylation sites is 1. The third kappa shape index (κ3) is 4.29. The van der Waals surface area contributed by atoms with Crippen LogP contribution in [0.25, 0.3) is 0 Å². The molecule has 4 rings (SSSR count). The molecule has 1 aromatic rings. The van der Waals surface area contributed by atoms with Crippen LogP contribution < -0.4 is 10.6 Å². The van der Waals surface area contributed by atoms with Gasteiger partial charge in [0, 0.05) is 22.3 Å². The Morgan fingerprint density at radius 3 is 2.50 bits per heavy atom. The maximum absolute atomic E-state index is 14.2. The highest BCUT2D eigenvalue weighted by molar-refractivity contribution is 9.09. The van der Waals surface area contributed by atoms with Gasteiger partial charge in [-0.2, -0.15) is 0 Å². The number of likely N-dealkylation sites (tertiary alicyclic amines) is 1. The molecule has 1 aromatic carbocycles. The van der Waals surface area contributed by atoms with E-state index in [0.717, 1.165) is 29.7 Å². The molecule has 3 amide bonds. The standard InChI is InChI=1S/C27H38BrN3O4S/c1-6-11-29-24(33)19-20-26(35)31(18(13-32)14(3)7-2)23(27(20)12-17(28)22(19)36-27)25(34)30-21-15(4)9-8-10-16(21)5/h8-10,14,17-20,22-23,32H,6-7,11-13H2,1-5H3,(H,29,33)(H,30,34)/t14-,17?,18-,19-,20-,22-,23?,27?/m0/s1. The van der Waals surface area contributed by atoms with Crippen LogP contribution in [0.4, 0.5) is 5.69 Å². The molecule has 3 fully saturated rings. The van der Waals surface area contributed by atoms with Crippen molar-refractivity contribution in [2.75, 3.05) is 18.5 Å². The molecule has 1 spiro atoms. The van der Waals surface area contributed by atoms with E-state index in [2.05, 4.69) is 26.6 Å². The van der Waals surface area contributed by atoms with Gasteiger partial charge in [-0.15, -0.1) is 11.8 Å². The third-order valence-corrected chi connectivity index (χ3v) is 11.6. The van der Waals surface area contributed by atoms with Crippen molar-refractivity contribution in [3.05, 3.63) is 29.3 Å². The molecule has 7 nitrogen and oxygen atoms in total. The van der Waals surface area contributed by atoms with Crippen molar-refractivity contribution in [1.82, 2.24) is 10.2 Å². The van der Waals surface area contributed by atoms with Crippen LogP contribution >= 0.6 is 27.7 Å². The van der Waals surface area contributed by atoms with Gasteiger partial charge in [0.2, 0.25) is 17.7 Å². The summed E-state index contributed by atoms with van der Waals surface area (Å²) in [6, 6.07) is 4.59. The van der Waals surface area contributed by atoms with E-state index in [-0.39, 0.29) is 40.3 Å². The van der Waals surface area contributed by atoms with E-state index in [1.807, 2.05) is 52.8 Å². The van der Waals surface area contributed by atoms with Gasteiger partial charge in [0.05, 0.1) is 29.2 Å². The van der Waals surface area contributed by atoms with Gasteiger partial charge in [-0.05, 0) is 43.7 Å². The monoisotopic (exact) mass is 579 g/mol. The number of carbonyl (C=O) groups excluding carboxylic acids is 3. The number of hydrogen-bond donors (Lipinski definition) is 3. The van der Waals surface area contributed by atoms with E-state index in [1.54, 1.807) is 16.7 Å². The topological polar surface area (TPSA) is 98.7 Å². The van der Waals surface area contributed by atoms with Crippen LogP contribution in [0.15, 0.2) is 18.2 Å². The number of amides is 3. The molecule has 3 saturated heterocycles. The second-order valence-electron chi connectivity index (χ2n) is 10.6. The van der Waals surface area contributed by atoms with E-state index < -0.39 is 28.7 Å². The number of halogens is 1. The van der Waals surface area contributed by atoms with Crippen molar-refractivity contribution in [2.24, 2.45) is 17.8 Å². The minimum absolute atomic E-state index is 0.000917. The van der Waals surface area contributed by atoms with Crippen molar-refractivity contribution in [2.45, 2.75) is 80.8 Å². The Kier molecular flexibility index (Phi) is 8.12. The van der Waals surface area contributed by atoms with Gasteiger partial charge in [0.15, 0.2) is 0 Å². The SMILES string of the molecule is CCCNC(=O)[C@H]1[C@H]2C(=O)N([C@@H](CO)[C@@H](C)CC)C(C(=O)Nc3c(C)cccc3C)C23CC(Br)[C@@H]1S3. The number of carbonyl (C=O) groups is 3. The maximum atomic E-state index is 14.2. The zero-order valence-electron chi connectivity index (χ0n) is 21.7. The van der Waals surface area contributed by atoms with E-state index in [9.17, 15) is 19.5 Å². The van der Waals surface area contributed by atoms with E-state index in [4.69, 9.17) is 0 Å². The first-order valence-corrected chi connectivity index (χ1v) is 14.8. The summed E-state index contributed by atoms with van der Waals surface area (Å²) in [6.45, 7) is 10.3. The van der Waals surface area contributed by atoms with E-state index in [1.165, 1.54) is 0 Å². The summed E-state index contributed by atoms with van der Waals surface area (Å²) >= 11 is 5.42. The normalized spacial score (nSPS) is 32.4. The molecular formula is C27H38BrN3O4S. The lowest BCUT2D eigenvalue weighted by Gasteiger charge is -2.39. The van der Waals surface area contributed by atoms with Gasteiger partial charge < -0.3 is 20.6 Å². The summed E-state index contributed by atoms with van der Waals surface area (Å²) in [5.74, 6) is -1.64. The summed E-state index contributed by atoms with van der Waals surface area (Å²) in [4.78, 5) is 43.4. The summed E-state index contributed by atoms with van der Waals surface area (Å²) in [7, 11) is 0. The van der Waals surface area contributed by atoms with Crippen LogP contribution in [0.5, 0.6) is 0 Å². The number of fused-ring (bicyclic) bond motifs is 1. The lowest BCUT2D eigenvalue weighted by atomic mass is 9.70. The fourth-order valence-corrected chi connectivity index (χ4v) is 10.0. The molecule has 3 unspecified atom stereocenters. The summed E-state index contributed by atoms with van der Waals surface area (Å²) in [5.41, 5.74) is 2.66. The fourth-order valence-electron chi connectivity index (χ4n) is 6.41. The van der Waals surface area contributed by atoms with E-state index in [0.29, 0.717) is 13.0 Å². The van der Waals surface area contributed by atoms with Crippen LogP contribution in [-0.4, -0.2) is 67.8 Å². The summed E-state index contributed by atoms with van der Waals surface area (Å²) in [5, 5.41) is 16.5. The second-order valence-corrected chi connectivity index (χ2v) is 13.3. The molecule has 2 bridgehead atoms. The molecule has 0 aromatic heterocycles. The van der Waals surface area contributed by atoms with Gasteiger partial charge in [0.1, 0.15) is 6.04 Å². The van der Waals surface area contributed by atoms with Gasteiger partial charge in [0.25, 0.3) is 0 Å². The number of hydrogen-bond acceptors (Lipinski definition) is 5. The number of anilines is 1. The third-order valence-electron chi connectivity index (χ3n) is 8.40. The van der Waals surface area contributed by atoms with Crippen LogP contribution in [0.3, 0.4) is 0 Å². The number of rotatable bonds is 9. The highest BCUT2D eigenvalue weighted by Crippen LogP contribution is 2.68. The summed E-state index contributed by atoms with van der Waals surface area (Å²) < 4.78 is -0.730. The Bertz CT molecular complexity index is 1020. The molecule has 0 aliphatic carbocycles. The number of benzene rings is 1. The highest BCUT2D eigenvalue weighted by Gasteiger charge is 2.76. The van der Waals surface area contributed by atoms with Gasteiger partial charge in [-0.3, -0.25) is 14.4 Å². The largest absolute Gasteiger partial charge is 0.394 e. The molecule has 3 aliphatic heterocycles. The van der Waals surface area contributed by atoms with Crippen LogP contribution in [0.1, 0.15) is 51.2 Å². The zero-order valence-corrected chi connectivity index (χ0v) is 24.1. The first-order valence-electron chi connectivity index (χ1n) is 13.0. The quantitative estimate of drug-likeness (QED) is 0.388. The predicted molar refractivity (Wildman–Crippen MR) is 147 cm³/mol. The van der Waals surface area contributed by atoms with Gasteiger partial charge in [-0.1, -0.05) is 61.3 Å². The Hall–Kier alpha value is -1.58. The predicted octanol–water partition coefficient (Wildman–Crippen LogP) is 3.64. The maximum Gasteiger partial charge on any atom is 0.248 e. The number of thioether (sulfide) groups is 1. The molecule has 0 saturated carbocycles. The highest BCUT2D eigenvalue weighted by atomic mass is 79.9. The van der Waals surface area contributed by atoms with Crippen LogP contribution in [-0.2, 0) is 14.4 Å². The summed E-state index contributed by atoms with van der Waals surface area (Å²) in [6.07, 6.45) is 2.19. The zero-order chi connectivity index (χ0) is 26.4. The lowest BCUT2D eigenvalue weighted by molar-refractivity contribution is -0.143. The molecule has 0 radical (unpaired) electrons. The minimum atomic E-state index is -0.779. The molecular weight excluding hydrogens is 542 g/mol.